The maximum Gasteiger partial charge on any atom is 0.269 e. The highest BCUT2D eigenvalue weighted by Gasteiger charge is 2.27. The lowest BCUT2D eigenvalue weighted by Gasteiger charge is -2.19. The molecule has 0 saturated heterocycles. The number of fused-ring (bicyclic) bond motifs is 1. The summed E-state index contributed by atoms with van der Waals surface area (Å²) in [4.78, 5) is 28.8. The standard InChI is InChI=1S/C26H26N4O5S/c1-17-7-13-21(14-8-17)36(33,34)30-24(15-19-16-27-23-6-4-3-5-22(19)23)26(32)29-28-25(31)18-9-11-20(35-2)12-10-18/h3-14,16,24,27,30H,15H2,1-2H3,(H,28,31)(H,29,32)/t24-/m0/s1. The SMILES string of the molecule is COc1ccc(C(=O)NNC(=O)[C@H](Cc2c[nH]c3ccccc23)NS(=O)(=O)c2ccc(C)cc2)cc1. The van der Waals surface area contributed by atoms with Gasteiger partial charge in [-0.25, -0.2) is 8.42 Å². The number of aryl methyl sites for hydroxylation is 1. The van der Waals surface area contributed by atoms with Crippen LogP contribution in [0.25, 0.3) is 10.9 Å². The largest absolute Gasteiger partial charge is 0.497 e. The first kappa shape index (κ1) is 25.0. The summed E-state index contributed by atoms with van der Waals surface area (Å²) in [6.45, 7) is 1.85. The minimum atomic E-state index is -4.02. The van der Waals surface area contributed by atoms with E-state index in [4.69, 9.17) is 4.74 Å². The fourth-order valence-corrected chi connectivity index (χ4v) is 4.90. The van der Waals surface area contributed by atoms with Gasteiger partial charge >= 0.3 is 0 Å². The number of hydrogen-bond acceptors (Lipinski definition) is 5. The lowest BCUT2D eigenvalue weighted by molar-refractivity contribution is -0.123. The molecule has 0 radical (unpaired) electrons. The highest BCUT2D eigenvalue weighted by molar-refractivity contribution is 7.89. The molecule has 4 N–H and O–H groups in total. The van der Waals surface area contributed by atoms with Crippen LogP contribution in [0.2, 0.25) is 0 Å². The fourth-order valence-electron chi connectivity index (χ4n) is 3.70. The Labute approximate surface area is 208 Å². The number of rotatable bonds is 8. The van der Waals surface area contributed by atoms with Crippen LogP contribution in [0.5, 0.6) is 5.75 Å². The Kier molecular flexibility index (Phi) is 7.37. The molecule has 1 atom stereocenters. The van der Waals surface area contributed by atoms with Crippen molar-refractivity contribution >= 4 is 32.7 Å². The Hall–Kier alpha value is -4.15. The van der Waals surface area contributed by atoms with Crippen molar-refractivity contribution < 1.29 is 22.7 Å². The molecule has 1 aromatic heterocycles. The Morgan fingerprint density at radius 3 is 2.33 bits per heavy atom. The lowest BCUT2D eigenvalue weighted by Crippen LogP contribution is -2.53. The minimum Gasteiger partial charge on any atom is -0.497 e. The minimum absolute atomic E-state index is 0.0343. The summed E-state index contributed by atoms with van der Waals surface area (Å²) in [6, 6.07) is 18.9. The molecular weight excluding hydrogens is 480 g/mol. The molecular formula is C26H26N4O5S. The van der Waals surface area contributed by atoms with E-state index in [9.17, 15) is 18.0 Å². The Bertz CT molecular complexity index is 1480. The van der Waals surface area contributed by atoms with E-state index >= 15 is 0 Å². The van der Waals surface area contributed by atoms with Gasteiger partial charge in [0.2, 0.25) is 10.0 Å². The second kappa shape index (κ2) is 10.6. The van der Waals surface area contributed by atoms with Crippen LogP contribution in [0.4, 0.5) is 0 Å². The summed E-state index contributed by atoms with van der Waals surface area (Å²) in [5.74, 6) is -0.684. The first-order valence-electron chi connectivity index (χ1n) is 11.1. The number of carbonyl (C=O) groups is 2. The van der Waals surface area contributed by atoms with Crippen molar-refractivity contribution in [2.75, 3.05) is 7.11 Å². The number of benzene rings is 3. The molecule has 4 aromatic rings. The van der Waals surface area contributed by atoms with Gasteiger partial charge in [0.05, 0.1) is 12.0 Å². The van der Waals surface area contributed by atoms with Gasteiger partial charge in [0.1, 0.15) is 11.8 Å². The quantitative estimate of drug-likeness (QED) is 0.273. The maximum absolute atomic E-state index is 13.1. The molecule has 2 amide bonds. The van der Waals surface area contributed by atoms with Crippen molar-refractivity contribution in [1.82, 2.24) is 20.6 Å². The van der Waals surface area contributed by atoms with E-state index in [-0.39, 0.29) is 11.3 Å². The number of aromatic amines is 1. The van der Waals surface area contributed by atoms with Crippen molar-refractivity contribution in [3.8, 4) is 5.75 Å². The molecule has 0 aliphatic rings. The van der Waals surface area contributed by atoms with E-state index in [1.165, 1.54) is 19.2 Å². The van der Waals surface area contributed by atoms with Gasteiger partial charge in [0.25, 0.3) is 11.8 Å². The average molecular weight is 507 g/mol. The van der Waals surface area contributed by atoms with Crippen LogP contribution < -0.4 is 20.3 Å². The molecule has 0 fully saturated rings. The van der Waals surface area contributed by atoms with Crippen LogP contribution in [0, 0.1) is 6.92 Å². The zero-order valence-corrected chi connectivity index (χ0v) is 20.6. The van der Waals surface area contributed by atoms with Gasteiger partial charge in [-0.3, -0.25) is 20.4 Å². The van der Waals surface area contributed by atoms with E-state index in [1.807, 2.05) is 31.2 Å². The smallest absolute Gasteiger partial charge is 0.269 e. The molecule has 36 heavy (non-hydrogen) atoms. The van der Waals surface area contributed by atoms with Gasteiger partial charge in [0, 0.05) is 22.7 Å². The molecule has 1 heterocycles. The third-order valence-corrected chi connectivity index (χ3v) is 7.18. The number of ether oxygens (including phenoxy) is 1. The van der Waals surface area contributed by atoms with E-state index in [1.54, 1.807) is 42.6 Å². The number of amides is 2. The zero-order chi connectivity index (χ0) is 25.7. The molecule has 0 aliphatic heterocycles. The molecule has 3 aromatic carbocycles. The predicted octanol–water partition coefficient (Wildman–Crippen LogP) is 2.84. The monoisotopic (exact) mass is 506 g/mol. The van der Waals surface area contributed by atoms with E-state index < -0.39 is 27.9 Å². The molecule has 0 unspecified atom stereocenters. The first-order valence-corrected chi connectivity index (χ1v) is 12.6. The van der Waals surface area contributed by atoms with Crippen molar-refractivity contribution in [2.45, 2.75) is 24.3 Å². The molecule has 4 rings (SSSR count). The summed E-state index contributed by atoms with van der Waals surface area (Å²) >= 11 is 0. The van der Waals surface area contributed by atoms with Crippen molar-refractivity contribution in [2.24, 2.45) is 0 Å². The molecule has 0 saturated carbocycles. The number of carbonyl (C=O) groups excluding carboxylic acids is 2. The molecule has 186 valence electrons. The number of nitrogens with one attached hydrogen (secondary N) is 4. The third-order valence-electron chi connectivity index (χ3n) is 5.70. The normalized spacial score (nSPS) is 12.2. The van der Waals surface area contributed by atoms with E-state index in [0.29, 0.717) is 11.3 Å². The summed E-state index contributed by atoms with van der Waals surface area (Å²) in [5, 5.41) is 0.868. The summed E-state index contributed by atoms with van der Waals surface area (Å²) in [5.41, 5.74) is 7.50. The number of H-pyrrole nitrogens is 1. The van der Waals surface area contributed by atoms with Gasteiger partial charge in [-0.05, 0) is 61.4 Å². The van der Waals surface area contributed by atoms with Crippen molar-refractivity contribution in [1.29, 1.82) is 0 Å². The lowest BCUT2D eigenvalue weighted by atomic mass is 10.1. The van der Waals surface area contributed by atoms with Gasteiger partial charge < -0.3 is 9.72 Å². The topological polar surface area (TPSA) is 129 Å². The second-order valence-corrected chi connectivity index (χ2v) is 9.94. The number of hydrazine groups is 1. The third kappa shape index (κ3) is 5.73. The van der Waals surface area contributed by atoms with Crippen LogP contribution in [-0.4, -0.2) is 38.4 Å². The van der Waals surface area contributed by atoms with Crippen LogP contribution in [-0.2, 0) is 21.2 Å². The number of sulfonamides is 1. The molecule has 0 spiro atoms. The Morgan fingerprint density at radius 2 is 1.64 bits per heavy atom. The molecule has 0 aliphatic carbocycles. The molecule has 10 heteroatoms. The average Bonchev–Trinajstić information content (AvgIpc) is 3.29. The zero-order valence-electron chi connectivity index (χ0n) is 19.7. The Balaban J connectivity index is 1.54. The van der Waals surface area contributed by atoms with Gasteiger partial charge in [-0.2, -0.15) is 4.72 Å². The molecule has 9 nitrogen and oxygen atoms in total. The summed E-state index contributed by atoms with van der Waals surface area (Å²) in [6.07, 6.45) is 1.79. The fraction of sp³-hybridized carbons (Fsp3) is 0.154. The first-order chi connectivity index (χ1) is 17.3. The molecule has 0 bridgehead atoms. The second-order valence-electron chi connectivity index (χ2n) is 8.22. The number of hydrogen-bond donors (Lipinski definition) is 4. The van der Waals surface area contributed by atoms with Crippen LogP contribution in [0.1, 0.15) is 21.5 Å². The van der Waals surface area contributed by atoms with Crippen LogP contribution >= 0.6 is 0 Å². The van der Waals surface area contributed by atoms with Crippen LogP contribution in [0.15, 0.2) is 83.9 Å². The number of aromatic nitrogens is 1. The maximum atomic E-state index is 13.1. The van der Waals surface area contributed by atoms with Crippen molar-refractivity contribution in [3.05, 3.63) is 95.7 Å². The van der Waals surface area contributed by atoms with Crippen LogP contribution in [0.3, 0.4) is 0 Å². The van der Waals surface area contributed by atoms with Gasteiger partial charge in [-0.15, -0.1) is 0 Å². The summed E-state index contributed by atoms with van der Waals surface area (Å²) in [7, 11) is -2.51. The van der Waals surface area contributed by atoms with E-state index in [2.05, 4.69) is 20.6 Å². The Morgan fingerprint density at radius 1 is 0.944 bits per heavy atom. The summed E-state index contributed by atoms with van der Waals surface area (Å²) < 4.78 is 33.7. The van der Waals surface area contributed by atoms with Gasteiger partial charge in [0.15, 0.2) is 0 Å². The van der Waals surface area contributed by atoms with Gasteiger partial charge in [-0.1, -0.05) is 35.9 Å². The van der Waals surface area contributed by atoms with E-state index in [0.717, 1.165) is 22.0 Å². The highest BCUT2D eigenvalue weighted by Crippen LogP contribution is 2.20. The predicted molar refractivity (Wildman–Crippen MR) is 136 cm³/mol. The van der Waals surface area contributed by atoms with Crippen molar-refractivity contribution in [3.63, 3.8) is 0 Å². The highest BCUT2D eigenvalue weighted by atomic mass is 32.2. The number of para-hydroxylation sites is 1. The number of methoxy groups -OCH3 is 1.